The Kier molecular flexibility index (Phi) is 7.03. The quantitative estimate of drug-likeness (QED) is 0.197. The van der Waals surface area contributed by atoms with E-state index in [4.69, 9.17) is 23.6 Å². The van der Waals surface area contributed by atoms with Gasteiger partial charge in [0.15, 0.2) is 11.2 Å². The zero-order valence-electron chi connectivity index (χ0n) is 21.7. The van der Waals surface area contributed by atoms with Crippen molar-refractivity contribution in [1.29, 1.82) is 0 Å². The number of nitrogens with one attached hydrogen (secondary N) is 1. The van der Waals surface area contributed by atoms with Crippen LogP contribution in [0.5, 0.6) is 23.0 Å². The second-order valence-corrected chi connectivity index (χ2v) is 10.6. The summed E-state index contributed by atoms with van der Waals surface area (Å²) in [5.74, 6) is -2.49. The first kappa shape index (κ1) is 27.9. The number of phosphoric acid groups is 1. The average molecular weight is 573 g/mol. The number of carbonyl (C=O) groups is 1. The lowest BCUT2D eigenvalue weighted by Gasteiger charge is -2.40. The van der Waals surface area contributed by atoms with Gasteiger partial charge in [-0.2, -0.15) is 0 Å². The number of hydroxylamine groups is 1. The molecule has 1 heterocycles. The molecule has 13 heteroatoms. The summed E-state index contributed by atoms with van der Waals surface area (Å²) in [4.78, 5) is 36.8. The molecule has 2 aliphatic rings. The fraction of sp³-hybridized carbons (Fsp3) is 0.296. The summed E-state index contributed by atoms with van der Waals surface area (Å²) in [5.41, 5.74) is -0.910. The Morgan fingerprint density at radius 3 is 2.23 bits per heavy atom. The number of phosphoric ester groups is 1. The van der Waals surface area contributed by atoms with Gasteiger partial charge in [-0.05, 0) is 23.3 Å². The van der Waals surface area contributed by atoms with Crippen molar-refractivity contribution in [2.24, 2.45) is 5.92 Å². The summed E-state index contributed by atoms with van der Waals surface area (Å²) >= 11 is 0. The maximum atomic E-state index is 13.4. The number of fused-ring (bicyclic) bond motifs is 3. The molecule has 1 fully saturated rings. The number of methoxy groups -OCH3 is 2. The van der Waals surface area contributed by atoms with E-state index in [9.17, 15) is 29.4 Å². The van der Waals surface area contributed by atoms with Gasteiger partial charge in [-0.1, -0.05) is 42.5 Å². The smallest absolute Gasteiger partial charge is 0.496 e. The molecule has 0 radical (unpaired) electrons. The predicted molar refractivity (Wildman–Crippen MR) is 139 cm³/mol. The maximum absolute atomic E-state index is 13.4. The first-order valence-corrected chi connectivity index (χ1v) is 13.6. The van der Waals surface area contributed by atoms with Crippen molar-refractivity contribution in [3.8, 4) is 23.0 Å². The van der Waals surface area contributed by atoms with Crippen LogP contribution < -0.4 is 24.2 Å². The number of benzene rings is 3. The third kappa shape index (κ3) is 4.12. The summed E-state index contributed by atoms with van der Waals surface area (Å²) in [6, 6.07) is 17.3. The Morgan fingerprint density at radius 2 is 1.65 bits per heavy atom. The summed E-state index contributed by atoms with van der Waals surface area (Å²) in [6.45, 7) is 0. The number of hydrogen-bond donors (Lipinski definition) is 5. The van der Waals surface area contributed by atoms with Crippen LogP contribution in [0.1, 0.15) is 22.6 Å². The molecule has 3 aromatic rings. The molecule has 0 bridgehead atoms. The predicted octanol–water partition coefficient (Wildman–Crippen LogP) is 2.10. The van der Waals surface area contributed by atoms with Crippen LogP contribution in [0.2, 0.25) is 0 Å². The van der Waals surface area contributed by atoms with Crippen LogP contribution in [-0.2, 0) is 25.4 Å². The molecule has 5 N–H and O–H groups in total. The third-order valence-corrected chi connectivity index (χ3v) is 7.90. The minimum Gasteiger partial charge on any atom is -0.496 e. The standard InChI is InChI=1S/C27H28NO11P/c1-35-18-13-19(36-2)23-20(14-18)38-27(16-9-11-17(12-10-16)39-40(32,33)34)22(15-7-5-4-6-8-15)21(25(30)28-37-3)24(29)26(23,27)31/h4-14,21-22,24,29,31H,1-3H3,(H,28,30)(H2,32,33,34)/t21-,22-,24-,26+,27+/m1/s1. The molecule has 0 spiro atoms. The van der Waals surface area contributed by atoms with Gasteiger partial charge in [0, 0.05) is 18.1 Å². The van der Waals surface area contributed by atoms with Gasteiger partial charge in [0.25, 0.3) is 0 Å². The summed E-state index contributed by atoms with van der Waals surface area (Å²) in [7, 11) is -0.759. The molecule has 0 saturated heterocycles. The molecule has 12 nitrogen and oxygen atoms in total. The Morgan fingerprint density at radius 1 is 0.975 bits per heavy atom. The fourth-order valence-electron chi connectivity index (χ4n) is 6.03. The minimum atomic E-state index is -4.85. The van der Waals surface area contributed by atoms with Crippen LogP contribution in [0.4, 0.5) is 0 Å². The second-order valence-electron chi connectivity index (χ2n) is 9.44. The Balaban J connectivity index is 1.83. The molecule has 1 aliphatic heterocycles. The normalized spacial score (nSPS) is 26.8. The number of ether oxygens (including phenoxy) is 3. The molecule has 1 amide bonds. The largest absolute Gasteiger partial charge is 0.524 e. The van der Waals surface area contributed by atoms with Crippen molar-refractivity contribution in [2.75, 3.05) is 21.3 Å². The SMILES string of the molecule is CONC(=O)[C@H]1[C@@H](O)[C@@]2(O)c3c(OC)cc(OC)cc3O[C@@]2(c2ccc(OP(=O)(O)O)cc2)[C@@H]1c1ccccc1. The topological polar surface area (TPSA) is 173 Å². The molecule has 0 unspecified atom stereocenters. The van der Waals surface area contributed by atoms with E-state index in [0.29, 0.717) is 11.3 Å². The van der Waals surface area contributed by atoms with Crippen molar-refractivity contribution in [3.63, 3.8) is 0 Å². The lowest BCUT2D eigenvalue weighted by atomic mass is 9.70. The zero-order valence-corrected chi connectivity index (χ0v) is 22.6. The monoisotopic (exact) mass is 573 g/mol. The van der Waals surface area contributed by atoms with E-state index in [1.54, 1.807) is 36.4 Å². The van der Waals surface area contributed by atoms with Gasteiger partial charge in [0.1, 0.15) is 29.1 Å². The van der Waals surface area contributed by atoms with E-state index in [0.717, 1.165) is 0 Å². The molecule has 0 aromatic heterocycles. The fourth-order valence-corrected chi connectivity index (χ4v) is 6.42. The Hall–Kier alpha value is -3.64. The van der Waals surface area contributed by atoms with Gasteiger partial charge in [-0.25, -0.2) is 10.0 Å². The highest BCUT2D eigenvalue weighted by atomic mass is 31.2. The van der Waals surface area contributed by atoms with Gasteiger partial charge < -0.3 is 28.9 Å². The van der Waals surface area contributed by atoms with Crippen molar-refractivity contribution in [1.82, 2.24) is 5.48 Å². The van der Waals surface area contributed by atoms with Crippen molar-refractivity contribution < 1.29 is 52.9 Å². The first-order valence-electron chi connectivity index (χ1n) is 12.1. The van der Waals surface area contributed by atoms with Crippen molar-refractivity contribution in [3.05, 3.63) is 83.4 Å². The highest BCUT2D eigenvalue weighted by Gasteiger charge is 2.78. The lowest BCUT2D eigenvalue weighted by molar-refractivity contribution is -0.157. The molecule has 1 saturated carbocycles. The van der Waals surface area contributed by atoms with Crippen molar-refractivity contribution in [2.45, 2.75) is 23.2 Å². The summed E-state index contributed by atoms with van der Waals surface area (Å²) < 4.78 is 33.7. The Bertz CT molecular complexity index is 1460. The molecular formula is C27H28NO11P. The number of rotatable bonds is 8. The van der Waals surface area contributed by atoms with Gasteiger partial charge in [0.05, 0.1) is 32.8 Å². The molecule has 40 heavy (non-hydrogen) atoms. The molecule has 212 valence electrons. The highest BCUT2D eigenvalue weighted by molar-refractivity contribution is 7.46. The molecule has 1 aliphatic carbocycles. The minimum absolute atomic E-state index is 0.104. The molecule has 3 aromatic carbocycles. The number of hydrogen-bond acceptors (Lipinski definition) is 9. The van der Waals surface area contributed by atoms with E-state index in [-0.39, 0.29) is 28.4 Å². The number of amides is 1. The molecule has 5 rings (SSSR count). The maximum Gasteiger partial charge on any atom is 0.524 e. The summed E-state index contributed by atoms with van der Waals surface area (Å²) in [6.07, 6.45) is -1.75. The molecule has 5 atom stereocenters. The van der Waals surface area contributed by atoms with E-state index < -0.39 is 42.9 Å². The van der Waals surface area contributed by atoms with Crippen LogP contribution in [0, 0.1) is 5.92 Å². The van der Waals surface area contributed by atoms with Gasteiger partial charge >= 0.3 is 7.82 Å². The van der Waals surface area contributed by atoms with Crippen LogP contribution in [0.25, 0.3) is 0 Å². The second kappa shape index (κ2) is 10.1. The Labute approximate surface area is 229 Å². The first-order chi connectivity index (χ1) is 19.0. The van der Waals surface area contributed by atoms with Crippen LogP contribution in [0.3, 0.4) is 0 Å². The van der Waals surface area contributed by atoms with Crippen LogP contribution in [-0.4, -0.2) is 53.3 Å². The van der Waals surface area contributed by atoms with Gasteiger partial charge in [-0.15, -0.1) is 0 Å². The zero-order chi connectivity index (χ0) is 28.9. The highest BCUT2D eigenvalue weighted by Crippen LogP contribution is 2.70. The van der Waals surface area contributed by atoms with E-state index in [2.05, 4.69) is 5.48 Å². The average Bonchev–Trinajstić information content (AvgIpc) is 3.30. The molecular weight excluding hydrogens is 545 g/mol. The van der Waals surface area contributed by atoms with E-state index in [1.807, 2.05) is 0 Å². The van der Waals surface area contributed by atoms with E-state index >= 15 is 0 Å². The number of aliphatic hydroxyl groups excluding tert-OH is 1. The van der Waals surface area contributed by atoms with Gasteiger partial charge in [0.2, 0.25) is 5.91 Å². The lowest BCUT2D eigenvalue weighted by Crippen LogP contribution is -2.52. The van der Waals surface area contributed by atoms with Crippen molar-refractivity contribution >= 4 is 13.7 Å². The third-order valence-electron chi connectivity index (χ3n) is 7.45. The van der Waals surface area contributed by atoms with E-state index in [1.165, 1.54) is 51.7 Å². The van der Waals surface area contributed by atoms with Crippen LogP contribution in [0.15, 0.2) is 66.7 Å². The van der Waals surface area contributed by atoms with Crippen LogP contribution >= 0.6 is 7.82 Å². The number of aliphatic hydroxyl groups is 2. The number of carbonyl (C=O) groups excluding carboxylic acids is 1. The summed E-state index contributed by atoms with van der Waals surface area (Å²) in [5, 5.41) is 24.6. The van der Waals surface area contributed by atoms with Gasteiger partial charge in [-0.3, -0.25) is 19.4 Å².